The van der Waals surface area contributed by atoms with Crippen molar-refractivity contribution in [3.05, 3.63) is 4.85 Å². The maximum Gasteiger partial charge on any atom is 0.370 e. The second-order valence-electron chi connectivity index (χ2n) is 4.32. The van der Waals surface area contributed by atoms with Gasteiger partial charge in [0.05, 0.1) is 6.04 Å². The summed E-state index contributed by atoms with van der Waals surface area (Å²) in [5, 5.41) is 3.02. The average Bonchev–Trinajstić information content (AvgIpc) is 2.76. The number of likely N-dealkylation sites (tertiary alicyclic amines) is 1. The fraction of sp³-hybridized carbons (Fsp3) is 0.800. The Kier molecular flexibility index (Phi) is 2.10. The Labute approximate surface area is 84.1 Å². The summed E-state index contributed by atoms with van der Waals surface area (Å²) in [5.74, 6) is 0.0663. The lowest BCUT2D eigenvalue weighted by molar-refractivity contribution is -0.119. The van der Waals surface area contributed by atoms with Crippen LogP contribution in [-0.4, -0.2) is 37.0 Å². The van der Waals surface area contributed by atoms with E-state index in [2.05, 4.69) is 21.3 Å². The van der Waals surface area contributed by atoms with Gasteiger partial charge in [-0.25, -0.2) is 9.74 Å². The number of rotatable bonds is 1. The third kappa shape index (κ3) is 1.54. The van der Waals surface area contributed by atoms with Crippen LogP contribution in [0.3, 0.4) is 0 Å². The first-order chi connectivity index (χ1) is 6.66. The van der Waals surface area contributed by atoms with Crippen LogP contribution in [0.2, 0.25) is 0 Å². The number of carbonyl (C=O) groups is 1. The topological polar surface area (TPSA) is 36.7 Å². The highest BCUT2D eigenvalue weighted by Gasteiger charge is 2.58. The number of amides is 1. The van der Waals surface area contributed by atoms with Gasteiger partial charge in [0, 0.05) is 12.3 Å². The zero-order chi connectivity index (χ0) is 10.2. The summed E-state index contributed by atoms with van der Waals surface area (Å²) in [6.07, 6.45) is 5.39. The molecule has 14 heavy (non-hydrogen) atoms. The highest BCUT2D eigenvalue weighted by atomic mass is 16.1. The smallest absolute Gasteiger partial charge is 0.349 e. The molecular formula is C10H16N3O+. The monoisotopic (exact) mass is 194 g/mol. The molecule has 1 N–H and O–H groups in total. The molecule has 0 aromatic carbocycles. The molecule has 1 spiro atoms. The number of hydrogen-bond donors (Lipinski definition) is 1. The van der Waals surface area contributed by atoms with E-state index in [1.54, 1.807) is 14.0 Å². The van der Waals surface area contributed by atoms with Crippen molar-refractivity contribution in [2.45, 2.75) is 25.8 Å². The van der Waals surface area contributed by atoms with Crippen molar-refractivity contribution < 1.29 is 4.79 Å². The van der Waals surface area contributed by atoms with Crippen molar-refractivity contribution in [1.29, 1.82) is 0 Å². The maximum absolute atomic E-state index is 11.0. The Morgan fingerprint density at radius 2 is 2.36 bits per heavy atom. The molecule has 1 atom stereocenters. The fourth-order valence-corrected chi connectivity index (χ4v) is 2.30. The van der Waals surface area contributed by atoms with Crippen LogP contribution in [0.1, 0.15) is 19.8 Å². The molecule has 0 bridgehead atoms. The van der Waals surface area contributed by atoms with Gasteiger partial charge in [-0.2, -0.15) is 0 Å². The van der Waals surface area contributed by atoms with Crippen molar-refractivity contribution in [3.8, 4) is 6.19 Å². The van der Waals surface area contributed by atoms with Crippen molar-refractivity contribution >= 4 is 5.91 Å². The van der Waals surface area contributed by atoms with Crippen LogP contribution >= 0.6 is 0 Å². The quantitative estimate of drug-likeness (QED) is 0.617. The molecule has 1 amide bonds. The molecule has 1 saturated heterocycles. The van der Waals surface area contributed by atoms with Gasteiger partial charge in [0.25, 0.3) is 0 Å². The predicted octanol–water partition coefficient (Wildman–Crippen LogP) is 0.507. The molecule has 2 aliphatic rings. The average molecular weight is 194 g/mol. The van der Waals surface area contributed by atoms with Gasteiger partial charge in [0.2, 0.25) is 5.91 Å². The van der Waals surface area contributed by atoms with E-state index >= 15 is 0 Å². The summed E-state index contributed by atoms with van der Waals surface area (Å²) in [6, 6.07) is 0.300. The summed E-state index contributed by atoms with van der Waals surface area (Å²) in [6.45, 7) is 3.43. The van der Waals surface area contributed by atoms with E-state index in [-0.39, 0.29) is 5.91 Å². The molecule has 0 aromatic heterocycles. The van der Waals surface area contributed by atoms with Crippen molar-refractivity contribution in [1.82, 2.24) is 10.2 Å². The van der Waals surface area contributed by atoms with Gasteiger partial charge in [-0.3, -0.25) is 4.79 Å². The van der Waals surface area contributed by atoms with Crippen LogP contribution in [0.4, 0.5) is 0 Å². The Bertz CT molecular complexity index is 311. The van der Waals surface area contributed by atoms with Crippen LogP contribution in [0.15, 0.2) is 0 Å². The number of hydrogen-bond acceptors (Lipinski definition) is 2. The molecule has 76 valence electrons. The van der Waals surface area contributed by atoms with Crippen molar-refractivity contribution in [2.75, 3.05) is 20.1 Å². The molecule has 2 fully saturated rings. The Hall–Kier alpha value is -1.24. The second kappa shape index (κ2) is 3.16. The molecule has 4 heteroatoms. The first kappa shape index (κ1) is 9.32. The van der Waals surface area contributed by atoms with Crippen molar-refractivity contribution in [2.24, 2.45) is 5.41 Å². The first-order valence-corrected chi connectivity index (χ1v) is 5.03. The summed E-state index contributed by atoms with van der Waals surface area (Å²) in [4.78, 5) is 17.0. The highest BCUT2D eigenvalue weighted by Crippen LogP contribution is 2.52. The summed E-state index contributed by atoms with van der Waals surface area (Å²) in [5.41, 5.74) is 0.337. The number of nitrogens with zero attached hydrogens (tertiary/aromatic N) is 2. The molecular weight excluding hydrogens is 178 g/mol. The van der Waals surface area contributed by atoms with E-state index in [0.717, 1.165) is 13.1 Å². The largest absolute Gasteiger partial charge is 0.370 e. The Morgan fingerprint density at radius 3 is 2.86 bits per heavy atom. The van der Waals surface area contributed by atoms with Gasteiger partial charge < -0.3 is 5.32 Å². The van der Waals surface area contributed by atoms with Gasteiger partial charge in [-0.05, 0) is 12.8 Å². The van der Waals surface area contributed by atoms with Gasteiger partial charge in [-0.1, -0.05) is 0 Å². The highest BCUT2D eigenvalue weighted by molar-refractivity contribution is 5.73. The summed E-state index contributed by atoms with van der Waals surface area (Å²) in [7, 11) is 1.73. The molecule has 0 radical (unpaired) electrons. The molecule has 1 aliphatic heterocycles. The third-order valence-corrected chi connectivity index (χ3v) is 3.16. The van der Waals surface area contributed by atoms with Crippen LogP contribution in [0.25, 0.3) is 4.85 Å². The zero-order valence-electron chi connectivity index (χ0n) is 8.71. The first-order valence-electron chi connectivity index (χ1n) is 5.03. The fourth-order valence-electron chi connectivity index (χ4n) is 2.30. The van der Waals surface area contributed by atoms with E-state index in [1.807, 2.05) is 0 Å². The molecule has 1 unspecified atom stereocenters. The van der Waals surface area contributed by atoms with Crippen LogP contribution in [0, 0.1) is 11.6 Å². The lowest BCUT2D eigenvalue weighted by Crippen LogP contribution is -2.39. The minimum Gasteiger partial charge on any atom is -0.349 e. The molecule has 1 saturated carbocycles. The molecule has 0 aromatic rings. The normalized spacial score (nSPS) is 27.0. The van der Waals surface area contributed by atoms with Crippen LogP contribution < -0.4 is 5.32 Å². The van der Waals surface area contributed by atoms with E-state index in [0.29, 0.717) is 11.5 Å². The zero-order valence-corrected chi connectivity index (χ0v) is 8.71. The van der Waals surface area contributed by atoms with Gasteiger partial charge >= 0.3 is 6.19 Å². The van der Waals surface area contributed by atoms with E-state index < -0.39 is 0 Å². The molecule has 4 nitrogen and oxygen atoms in total. The number of carbonyl (C=O) groups excluding carboxylic acids is 1. The lowest BCUT2D eigenvalue weighted by atomic mass is 10.0. The second-order valence-corrected chi connectivity index (χ2v) is 4.32. The lowest BCUT2D eigenvalue weighted by Gasteiger charge is -2.14. The van der Waals surface area contributed by atoms with Crippen LogP contribution in [-0.2, 0) is 4.79 Å². The SMILES string of the molecule is C[N+]#CN1CC(NC(C)=O)C2(CC2)C1. The van der Waals surface area contributed by atoms with Gasteiger partial charge in [-0.15, -0.1) is 0 Å². The van der Waals surface area contributed by atoms with Crippen molar-refractivity contribution in [3.63, 3.8) is 0 Å². The standard InChI is InChI=1S/C10H15N3O/c1-8(14)12-9-5-13(7-11-2)6-10(9)3-4-10/h9H,3-6H2,1-2H3/p+1. The van der Waals surface area contributed by atoms with E-state index in [1.165, 1.54) is 12.8 Å². The van der Waals surface area contributed by atoms with E-state index in [9.17, 15) is 4.79 Å². The Balaban J connectivity index is 2.03. The minimum absolute atomic E-state index is 0.0663. The van der Waals surface area contributed by atoms with Crippen LogP contribution in [0.5, 0.6) is 0 Å². The maximum atomic E-state index is 11.0. The predicted molar refractivity (Wildman–Crippen MR) is 54.0 cm³/mol. The summed E-state index contributed by atoms with van der Waals surface area (Å²) < 4.78 is 0. The van der Waals surface area contributed by atoms with Gasteiger partial charge in [0.15, 0.2) is 7.05 Å². The molecule has 1 heterocycles. The third-order valence-electron chi connectivity index (χ3n) is 3.16. The Morgan fingerprint density at radius 1 is 1.64 bits per heavy atom. The van der Waals surface area contributed by atoms with E-state index in [4.69, 9.17) is 0 Å². The molecule has 2 rings (SSSR count). The minimum atomic E-state index is 0.0663. The summed E-state index contributed by atoms with van der Waals surface area (Å²) >= 11 is 0. The number of nitrogens with one attached hydrogen (secondary N) is 1. The molecule has 1 aliphatic carbocycles. The van der Waals surface area contributed by atoms with Gasteiger partial charge in [0.1, 0.15) is 13.1 Å².